The van der Waals surface area contributed by atoms with Gasteiger partial charge in [-0.15, -0.1) is 0 Å². The van der Waals surface area contributed by atoms with E-state index in [1.807, 2.05) is 12.1 Å². The predicted molar refractivity (Wildman–Crippen MR) is 124 cm³/mol. The van der Waals surface area contributed by atoms with Gasteiger partial charge in [0.05, 0.1) is 5.92 Å². The molecule has 1 aromatic rings. The molecule has 4 rings (SSSR count). The Balaban J connectivity index is 1.22. The minimum atomic E-state index is -0.00362. The van der Waals surface area contributed by atoms with Crippen LogP contribution in [0.5, 0.6) is 5.75 Å². The number of carbonyl (C=O) groups excluding carboxylic acids is 1. The fourth-order valence-electron chi connectivity index (χ4n) is 6.29. The summed E-state index contributed by atoms with van der Waals surface area (Å²) < 4.78 is 5.78. The Labute approximate surface area is 187 Å². The molecule has 0 bridgehead atoms. The van der Waals surface area contributed by atoms with Gasteiger partial charge in [0.25, 0.3) is 0 Å². The Morgan fingerprint density at radius 2 is 1.40 bits per heavy atom. The minimum Gasteiger partial charge on any atom is -0.426 e. The highest BCUT2D eigenvalue weighted by molar-refractivity contribution is 6.08. The second-order valence-electron chi connectivity index (χ2n) is 10.5. The molecule has 0 atom stereocenters. The number of esters is 1. The van der Waals surface area contributed by atoms with Crippen LogP contribution in [0.1, 0.15) is 95.5 Å². The van der Waals surface area contributed by atoms with Gasteiger partial charge >= 0.3 is 5.97 Å². The second kappa shape index (κ2) is 10.5. The molecule has 3 aliphatic rings. The number of carbonyl (C=O) groups is 1. The Morgan fingerprint density at radius 1 is 0.833 bits per heavy atom. The van der Waals surface area contributed by atoms with Gasteiger partial charge in [-0.3, -0.25) is 4.79 Å². The lowest BCUT2D eigenvalue weighted by molar-refractivity contribution is -0.140. The van der Waals surface area contributed by atoms with Gasteiger partial charge in [0.1, 0.15) is 5.75 Å². The van der Waals surface area contributed by atoms with E-state index in [-0.39, 0.29) is 11.9 Å². The lowest BCUT2D eigenvalue weighted by Crippen LogP contribution is -2.29. The van der Waals surface area contributed by atoms with Crippen LogP contribution in [0.3, 0.4) is 0 Å². The Kier molecular flexibility index (Phi) is 7.73. The summed E-state index contributed by atoms with van der Waals surface area (Å²) in [4.78, 5) is 12.7. The van der Waals surface area contributed by atoms with Gasteiger partial charge in [-0.05, 0) is 98.7 Å². The van der Waals surface area contributed by atoms with Crippen LogP contribution in [0, 0.1) is 29.6 Å². The summed E-state index contributed by atoms with van der Waals surface area (Å²) in [5, 5.41) is 0. The van der Waals surface area contributed by atoms with Crippen molar-refractivity contribution >= 4 is 16.2 Å². The molecule has 0 aliphatic heterocycles. The molecule has 0 saturated heterocycles. The van der Waals surface area contributed by atoms with Crippen molar-refractivity contribution in [3.05, 3.63) is 29.8 Å². The van der Waals surface area contributed by atoms with Crippen LogP contribution in [-0.2, 0) is 4.79 Å². The molecule has 3 heteroatoms. The van der Waals surface area contributed by atoms with Gasteiger partial charge in [-0.25, -0.2) is 0 Å². The van der Waals surface area contributed by atoms with Gasteiger partial charge < -0.3 is 4.74 Å². The van der Waals surface area contributed by atoms with E-state index in [9.17, 15) is 4.79 Å². The third kappa shape index (κ3) is 5.58. The molecule has 2 nitrogen and oxygen atoms in total. The van der Waals surface area contributed by atoms with E-state index in [4.69, 9.17) is 4.74 Å². The maximum Gasteiger partial charge on any atom is 0.314 e. The zero-order valence-electron chi connectivity index (χ0n) is 18.8. The monoisotopic (exact) mass is 423 g/mol. The molecule has 0 N–H and O–H groups in total. The van der Waals surface area contributed by atoms with Crippen molar-refractivity contribution in [2.24, 2.45) is 29.6 Å². The zero-order chi connectivity index (χ0) is 20.9. The first-order valence-electron chi connectivity index (χ1n) is 12.6. The molecular formula is C27H39O2Si. The molecule has 0 spiro atoms. The summed E-state index contributed by atoms with van der Waals surface area (Å²) in [6, 6.07) is 9.52. The first kappa shape index (κ1) is 22.1. The number of hydrogen-bond acceptors (Lipinski definition) is 2. The van der Waals surface area contributed by atoms with Crippen LogP contribution in [-0.4, -0.2) is 16.2 Å². The third-order valence-corrected chi connectivity index (χ3v) is 9.12. The molecule has 1 aromatic carbocycles. The van der Waals surface area contributed by atoms with E-state index in [2.05, 4.69) is 29.3 Å². The van der Waals surface area contributed by atoms with E-state index in [0.717, 1.165) is 48.3 Å². The van der Waals surface area contributed by atoms with Crippen molar-refractivity contribution in [1.82, 2.24) is 0 Å². The van der Waals surface area contributed by atoms with E-state index < -0.39 is 0 Å². The summed E-state index contributed by atoms with van der Waals surface area (Å²) in [5.41, 5.74) is 1.41. The molecule has 163 valence electrons. The van der Waals surface area contributed by atoms with Crippen molar-refractivity contribution < 1.29 is 9.53 Å². The summed E-state index contributed by atoms with van der Waals surface area (Å²) in [7, 11) is 3.68. The van der Waals surface area contributed by atoms with Crippen LogP contribution in [0.25, 0.3) is 0 Å². The fraction of sp³-hybridized carbons (Fsp3) is 0.741. The number of benzene rings is 1. The molecular weight excluding hydrogens is 384 g/mol. The second-order valence-corrected chi connectivity index (χ2v) is 11.0. The van der Waals surface area contributed by atoms with E-state index in [1.54, 1.807) is 0 Å². The molecule has 3 fully saturated rings. The summed E-state index contributed by atoms with van der Waals surface area (Å²) in [5.74, 6) is 5.01. The lowest BCUT2D eigenvalue weighted by atomic mass is 9.69. The number of rotatable bonds is 5. The molecule has 3 radical (unpaired) electrons. The van der Waals surface area contributed by atoms with Crippen LogP contribution in [0.2, 0.25) is 6.04 Å². The molecule has 3 aliphatic carbocycles. The SMILES string of the molecule is CC1CCC(C2CCC(C(=O)Oc3ccc(C4CCC(C[Si])CC4)cc3)CC2)CC1. The average molecular weight is 424 g/mol. The predicted octanol–water partition coefficient (Wildman–Crippen LogP) is 7.09. The van der Waals surface area contributed by atoms with Crippen LogP contribution in [0.4, 0.5) is 0 Å². The van der Waals surface area contributed by atoms with Crippen molar-refractivity contribution in [3.63, 3.8) is 0 Å². The maximum atomic E-state index is 12.7. The van der Waals surface area contributed by atoms with Gasteiger partial charge in [0.2, 0.25) is 0 Å². The van der Waals surface area contributed by atoms with Gasteiger partial charge in [-0.2, -0.15) is 0 Å². The number of hydrogen-bond donors (Lipinski definition) is 0. The molecule has 30 heavy (non-hydrogen) atoms. The topological polar surface area (TPSA) is 26.3 Å². The fourth-order valence-corrected chi connectivity index (χ4v) is 6.70. The first-order valence-corrected chi connectivity index (χ1v) is 13.3. The highest BCUT2D eigenvalue weighted by atomic mass is 28.1. The van der Waals surface area contributed by atoms with Crippen molar-refractivity contribution in [3.8, 4) is 5.75 Å². The highest BCUT2D eigenvalue weighted by Crippen LogP contribution is 2.42. The van der Waals surface area contributed by atoms with Gasteiger partial charge in [0, 0.05) is 10.2 Å². The lowest BCUT2D eigenvalue weighted by Gasteiger charge is -2.36. The smallest absolute Gasteiger partial charge is 0.314 e. The van der Waals surface area contributed by atoms with Crippen LogP contribution < -0.4 is 4.74 Å². The average Bonchev–Trinajstić information content (AvgIpc) is 2.80. The molecule has 0 amide bonds. The number of ether oxygens (including phenoxy) is 1. The quantitative estimate of drug-likeness (QED) is 0.287. The zero-order valence-corrected chi connectivity index (χ0v) is 19.8. The Hall–Kier alpha value is -1.09. The standard InChI is InChI=1S/C27H39O2Si/c1-19-2-6-21(7-3-19)23-10-12-25(13-11-23)27(28)29-26-16-14-24(15-17-26)22-8-4-20(18-30)5-9-22/h14-17,19-23,25H,2-13,18H2,1H3. The first-order chi connectivity index (χ1) is 14.6. The third-order valence-electron chi connectivity index (χ3n) is 8.54. The largest absolute Gasteiger partial charge is 0.426 e. The highest BCUT2D eigenvalue weighted by Gasteiger charge is 2.33. The van der Waals surface area contributed by atoms with Crippen molar-refractivity contribution in [2.75, 3.05) is 0 Å². The van der Waals surface area contributed by atoms with Crippen molar-refractivity contribution in [1.29, 1.82) is 0 Å². The summed E-state index contributed by atoms with van der Waals surface area (Å²) in [6.45, 7) is 2.39. The molecule has 3 saturated carbocycles. The van der Waals surface area contributed by atoms with E-state index >= 15 is 0 Å². The van der Waals surface area contributed by atoms with Gasteiger partial charge in [-0.1, -0.05) is 50.8 Å². The summed E-state index contributed by atoms with van der Waals surface area (Å²) >= 11 is 0. The molecule has 0 unspecified atom stereocenters. The van der Waals surface area contributed by atoms with Crippen LogP contribution >= 0.6 is 0 Å². The summed E-state index contributed by atoms with van der Waals surface area (Å²) in [6.07, 6.45) is 15.3. The normalized spacial score (nSPS) is 35.0. The molecule has 0 heterocycles. The maximum absolute atomic E-state index is 12.7. The van der Waals surface area contributed by atoms with Crippen molar-refractivity contribution in [2.45, 2.75) is 95.9 Å². The Morgan fingerprint density at radius 3 is 1.97 bits per heavy atom. The van der Waals surface area contributed by atoms with Gasteiger partial charge in [0.15, 0.2) is 0 Å². The van der Waals surface area contributed by atoms with E-state index in [0.29, 0.717) is 5.92 Å². The Bertz CT molecular complexity index is 661. The van der Waals surface area contributed by atoms with Crippen LogP contribution in [0.15, 0.2) is 24.3 Å². The molecule has 0 aromatic heterocycles. The minimum absolute atomic E-state index is 0.00362. The van der Waals surface area contributed by atoms with E-state index in [1.165, 1.54) is 69.8 Å².